The number of benzene rings is 1. The van der Waals surface area contributed by atoms with Gasteiger partial charge in [0, 0.05) is 24.1 Å². The Morgan fingerprint density at radius 3 is 2.79 bits per heavy atom. The van der Waals surface area contributed by atoms with Crippen molar-refractivity contribution in [1.82, 2.24) is 10.1 Å². The molecule has 3 rings (SSSR count). The molecule has 0 saturated heterocycles. The summed E-state index contributed by atoms with van der Waals surface area (Å²) in [5.74, 6) is -2.12. The van der Waals surface area contributed by atoms with Crippen LogP contribution in [0.25, 0.3) is 0 Å². The first-order valence-corrected chi connectivity index (χ1v) is 9.33. The first kappa shape index (κ1) is 20.5. The van der Waals surface area contributed by atoms with Gasteiger partial charge in [0.05, 0.1) is 16.9 Å². The highest BCUT2D eigenvalue weighted by Gasteiger charge is 2.17. The molecule has 1 amide bonds. The fourth-order valence-electron chi connectivity index (χ4n) is 2.28. The second-order valence-corrected chi connectivity index (χ2v) is 6.79. The summed E-state index contributed by atoms with van der Waals surface area (Å²) in [6.07, 6.45) is 1.52. The van der Waals surface area contributed by atoms with E-state index in [0.29, 0.717) is 28.3 Å². The van der Waals surface area contributed by atoms with Crippen LogP contribution in [0.1, 0.15) is 21.8 Å². The van der Waals surface area contributed by atoms with E-state index in [2.05, 4.69) is 15.5 Å². The Bertz CT molecular complexity index is 1040. The number of amides is 1. The Balaban J connectivity index is 1.58. The van der Waals surface area contributed by atoms with Gasteiger partial charge in [-0.1, -0.05) is 16.9 Å². The van der Waals surface area contributed by atoms with Crippen molar-refractivity contribution in [2.45, 2.75) is 17.7 Å². The molecule has 0 aliphatic carbocycles. The lowest BCUT2D eigenvalue weighted by Gasteiger charge is -2.09. The van der Waals surface area contributed by atoms with Gasteiger partial charge < -0.3 is 14.6 Å². The van der Waals surface area contributed by atoms with E-state index in [0.717, 1.165) is 12.1 Å². The summed E-state index contributed by atoms with van der Waals surface area (Å²) in [6.45, 7) is 1.13. The van der Waals surface area contributed by atoms with Crippen LogP contribution in [0.3, 0.4) is 0 Å². The number of pyridine rings is 1. The van der Waals surface area contributed by atoms with Gasteiger partial charge in [0.15, 0.2) is 6.61 Å². The number of anilines is 1. The molecule has 1 aromatic carbocycles. The maximum absolute atomic E-state index is 13.6. The van der Waals surface area contributed by atoms with Crippen LogP contribution in [-0.4, -0.2) is 28.6 Å². The molecule has 0 atom stereocenters. The molecule has 0 bridgehead atoms. The van der Waals surface area contributed by atoms with Crippen LogP contribution in [0.4, 0.5) is 14.5 Å². The fraction of sp³-hybridized carbons (Fsp3) is 0.158. The number of halogens is 2. The average Bonchev–Trinajstić information content (AvgIpc) is 3.12. The molecule has 10 heteroatoms. The van der Waals surface area contributed by atoms with Crippen molar-refractivity contribution >= 4 is 29.3 Å². The molecule has 3 aromatic rings. The molecular formula is C19H15F2N3O4S. The van der Waals surface area contributed by atoms with Gasteiger partial charge in [0.1, 0.15) is 22.4 Å². The second kappa shape index (κ2) is 9.28. The maximum Gasteiger partial charge on any atom is 0.341 e. The molecule has 29 heavy (non-hydrogen) atoms. The highest BCUT2D eigenvalue weighted by Crippen LogP contribution is 2.24. The Morgan fingerprint density at radius 2 is 2.07 bits per heavy atom. The Hall–Kier alpha value is -3.27. The summed E-state index contributed by atoms with van der Waals surface area (Å²) in [4.78, 5) is 28.4. The van der Waals surface area contributed by atoms with Crippen molar-refractivity contribution in [1.29, 1.82) is 0 Å². The van der Waals surface area contributed by atoms with Crippen molar-refractivity contribution in [2.24, 2.45) is 0 Å². The molecular weight excluding hydrogens is 404 g/mol. The number of nitrogens with one attached hydrogen (secondary N) is 1. The zero-order chi connectivity index (χ0) is 20.8. The normalized spacial score (nSPS) is 10.6. The average molecular weight is 419 g/mol. The van der Waals surface area contributed by atoms with E-state index in [1.807, 2.05) is 0 Å². The molecule has 1 N–H and O–H groups in total. The van der Waals surface area contributed by atoms with Gasteiger partial charge in [-0.15, -0.1) is 0 Å². The number of hydrogen-bond acceptors (Lipinski definition) is 7. The first-order chi connectivity index (χ1) is 13.9. The maximum atomic E-state index is 13.6. The highest BCUT2D eigenvalue weighted by molar-refractivity contribution is 7.98. The minimum absolute atomic E-state index is 0.179. The number of carbonyl (C=O) groups is 2. The topological polar surface area (TPSA) is 94.3 Å². The largest absolute Gasteiger partial charge is 0.452 e. The number of aryl methyl sites for hydroxylation is 1. The van der Waals surface area contributed by atoms with Crippen LogP contribution in [0, 0.1) is 18.6 Å². The zero-order valence-corrected chi connectivity index (χ0v) is 16.0. The van der Waals surface area contributed by atoms with E-state index in [-0.39, 0.29) is 11.3 Å². The molecule has 7 nitrogen and oxygen atoms in total. The van der Waals surface area contributed by atoms with E-state index < -0.39 is 30.1 Å². The molecule has 0 saturated carbocycles. The van der Waals surface area contributed by atoms with Crippen LogP contribution in [-0.2, 0) is 15.3 Å². The van der Waals surface area contributed by atoms with Crippen molar-refractivity contribution in [3.05, 3.63) is 71.2 Å². The summed E-state index contributed by atoms with van der Waals surface area (Å²) in [5.41, 5.74) is 0.657. The molecule has 0 radical (unpaired) electrons. The van der Waals surface area contributed by atoms with Crippen molar-refractivity contribution in [3.8, 4) is 0 Å². The Labute approximate surface area is 168 Å². The second-order valence-electron chi connectivity index (χ2n) is 5.82. The van der Waals surface area contributed by atoms with Crippen LogP contribution in [0.5, 0.6) is 0 Å². The summed E-state index contributed by atoms with van der Waals surface area (Å²) in [7, 11) is 0. The van der Waals surface area contributed by atoms with Crippen LogP contribution in [0.2, 0.25) is 0 Å². The summed E-state index contributed by atoms with van der Waals surface area (Å²) in [5, 5.41) is 6.49. The predicted octanol–water partition coefficient (Wildman–Crippen LogP) is 3.74. The molecule has 0 spiro atoms. The highest BCUT2D eigenvalue weighted by atomic mass is 32.2. The lowest BCUT2D eigenvalue weighted by atomic mass is 10.3. The number of rotatable bonds is 7. The van der Waals surface area contributed by atoms with Crippen LogP contribution < -0.4 is 5.32 Å². The van der Waals surface area contributed by atoms with E-state index in [1.54, 1.807) is 19.1 Å². The van der Waals surface area contributed by atoms with Crippen LogP contribution in [0.15, 0.2) is 52.1 Å². The van der Waals surface area contributed by atoms with Gasteiger partial charge in [-0.3, -0.25) is 4.79 Å². The number of esters is 1. The molecule has 2 heterocycles. The van der Waals surface area contributed by atoms with Gasteiger partial charge >= 0.3 is 5.97 Å². The van der Waals surface area contributed by atoms with E-state index >= 15 is 0 Å². The predicted molar refractivity (Wildman–Crippen MR) is 100 cm³/mol. The minimum Gasteiger partial charge on any atom is -0.452 e. The lowest BCUT2D eigenvalue weighted by Crippen LogP contribution is -2.21. The third kappa shape index (κ3) is 5.61. The Morgan fingerprint density at radius 1 is 1.24 bits per heavy atom. The molecule has 150 valence electrons. The van der Waals surface area contributed by atoms with Gasteiger partial charge in [-0.25, -0.2) is 18.6 Å². The van der Waals surface area contributed by atoms with Gasteiger partial charge in [0.25, 0.3) is 5.91 Å². The van der Waals surface area contributed by atoms with Gasteiger partial charge in [-0.05, 0) is 31.2 Å². The van der Waals surface area contributed by atoms with Crippen molar-refractivity contribution in [2.75, 3.05) is 11.9 Å². The fourth-order valence-corrected chi connectivity index (χ4v) is 3.14. The van der Waals surface area contributed by atoms with Crippen molar-refractivity contribution < 1.29 is 27.6 Å². The van der Waals surface area contributed by atoms with E-state index in [9.17, 15) is 18.4 Å². The molecule has 0 aliphatic heterocycles. The number of aromatic nitrogens is 2. The summed E-state index contributed by atoms with van der Waals surface area (Å²) < 4.78 is 36.4. The molecule has 2 aromatic heterocycles. The van der Waals surface area contributed by atoms with Gasteiger partial charge in [-0.2, -0.15) is 0 Å². The monoisotopic (exact) mass is 419 g/mol. The number of thioether (sulfide) groups is 1. The minimum atomic E-state index is -0.932. The summed E-state index contributed by atoms with van der Waals surface area (Å²) >= 11 is 1.26. The standard InChI is InChI=1S/C19H15F2N3O4S/c1-11-7-13(24-28-11)10-29-18-14(3-2-6-22-18)19(26)27-9-17(25)23-16-5-4-12(20)8-15(16)21/h2-8H,9-10H2,1H3,(H,23,25). The summed E-state index contributed by atoms with van der Waals surface area (Å²) in [6, 6.07) is 7.56. The molecule has 0 aliphatic rings. The van der Waals surface area contributed by atoms with Crippen molar-refractivity contribution in [3.63, 3.8) is 0 Å². The van der Waals surface area contributed by atoms with Crippen LogP contribution >= 0.6 is 11.8 Å². The Kier molecular flexibility index (Phi) is 6.55. The SMILES string of the molecule is Cc1cc(CSc2ncccc2C(=O)OCC(=O)Nc2ccc(F)cc2F)no1. The smallest absolute Gasteiger partial charge is 0.341 e. The quantitative estimate of drug-likeness (QED) is 0.460. The number of carbonyl (C=O) groups excluding carboxylic acids is 2. The number of nitrogens with zero attached hydrogens (tertiary/aromatic N) is 2. The molecule has 0 fully saturated rings. The third-order valence-electron chi connectivity index (χ3n) is 3.56. The third-order valence-corrected chi connectivity index (χ3v) is 4.60. The first-order valence-electron chi connectivity index (χ1n) is 8.34. The van der Waals surface area contributed by atoms with Gasteiger partial charge in [0.2, 0.25) is 0 Å². The molecule has 0 unspecified atom stereocenters. The van der Waals surface area contributed by atoms with E-state index in [1.165, 1.54) is 24.0 Å². The lowest BCUT2D eigenvalue weighted by molar-refractivity contribution is -0.119. The zero-order valence-electron chi connectivity index (χ0n) is 15.1. The van der Waals surface area contributed by atoms with E-state index in [4.69, 9.17) is 9.26 Å². The number of hydrogen-bond donors (Lipinski definition) is 1. The number of ether oxygens (including phenoxy) is 1.